The fraction of sp³-hybridized carbons (Fsp3) is 0.429. The van der Waals surface area contributed by atoms with Gasteiger partial charge in [0.2, 0.25) is 0 Å². The molecule has 0 saturated carbocycles. The molecule has 1 saturated heterocycles. The number of Topliss-reactive ketones (excluding diaryl/α,β-unsaturated/α-hetero) is 1. The van der Waals surface area contributed by atoms with Crippen LogP contribution in [0.3, 0.4) is 0 Å². The van der Waals surface area contributed by atoms with Gasteiger partial charge in [-0.25, -0.2) is 4.39 Å². The lowest BCUT2D eigenvalue weighted by molar-refractivity contribution is -0.125. The summed E-state index contributed by atoms with van der Waals surface area (Å²) in [6.45, 7) is 2.89. The van der Waals surface area contributed by atoms with Crippen molar-refractivity contribution in [2.24, 2.45) is 5.92 Å². The average Bonchev–Trinajstić information content (AvgIpc) is 2.39. The predicted molar refractivity (Wildman–Crippen MR) is 65.7 cm³/mol. The van der Waals surface area contributed by atoms with Crippen LogP contribution in [0.15, 0.2) is 24.3 Å². The number of halogens is 1. The van der Waals surface area contributed by atoms with E-state index in [2.05, 4.69) is 0 Å². The van der Waals surface area contributed by atoms with Crippen molar-refractivity contribution in [3.05, 3.63) is 35.6 Å². The Morgan fingerprint density at radius 2 is 2.06 bits per heavy atom. The van der Waals surface area contributed by atoms with E-state index in [1.165, 1.54) is 24.3 Å². The molecule has 1 unspecified atom stereocenters. The lowest BCUT2D eigenvalue weighted by atomic mass is 9.93. The fourth-order valence-electron chi connectivity index (χ4n) is 2.22. The topological polar surface area (TPSA) is 37.4 Å². The number of carbonyl (C=O) groups excluding carboxylic acids is 2. The molecule has 1 amide bonds. The van der Waals surface area contributed by atoms with E-state index >= 15 is 0 Å². The first-order chi connectivity index (χ1) is 8.61. The Hall–Kier alpha value is -1.71. The number of likely N-dealkylation sites (tertiary alicyclic amines) is 1. The van der Waals surface area contributed by atoms with Crippen molar-refractivity contribution in [3.63, 3.8) is 0 Å². The molecule has 1 aliphatic rings. The first kappa shape index (κ1) is 12.7. The number of piperidine rings is 1. The van der Waals surface area contributed by atoms with Crippen molar-refractivity contribution in [1.29, 1.82) is 0 Å². The van der Waals surface area contributed by atoms with Gasteiger partial charge in [-0.1, -0.05) is 6.92 Å². The highest BCUT2D eigenvalue weighted by Crippen LogP contribution is 2.18. The molecule has 0 spiro atoms. The van der Waals surface area contributed by atoms with Gasteiger partial charge in [0, 0.05) is 31.0 Å². The first-order valence-electron chi connectivity index (χ1n) is 6.19. The van der Waals surface area contributed by atoms with Crippen molar-refractivity contribution in [3.8, 4) is 0 Å². The number of ketones is 1. The van der Waals surface area contributed by atoms with Crippen LogP contribution in [0.5, 0.6) is 0 Å². The van der Waals surface area contributed by atoms with E-state index in [-0.39, 0.29) is 23.4 Å². The number of rotatable bonds is 2. The lowest BCUT2D eigenvalue weighted by Crippen LogP contribution is -2.43. The monoisotopic (exact) mass is 249 g/mol. The van der Waals surface area contributed by atoms with E-state index in [1.807, 2.05) is 6.92 Å². The van der Waals surface area contributed by atoms with Crippen molar-refractivity contribution < 1.29 is 14.0 Å². The van der Waals surface area contributed by atoms with Crippen LogP contribution in [-0.4, -0.2) is 29.7 Å². The summed E-state index contributed by atoms with van der Waals surface area (Å²) in [4.78, 5) is 25.4. The van der Waals surface area contributed by atoms with Gasteiger partial charge in [-0.15, -0.1) is 0 Å². The second kappa shape index (κ2) is 5.29. The molecule has 0 N–H and O–H groups in total. The number of hydrogen-bond acceptors (Lipinski definition) is 2. The Morgan fingerprint density at radius 1 is 1.39 bits per heavy atom. The quantitative estimate of drug-likeness (QED) is 0.806. The molecule has 0 radical (unpaired) electrons. The van der Waals surface area contributed by atoms with Gasteiger partial charge >= 0.3 is 0 Å². The second-order valence-corrected chi connectivity index (χ2v) is 4.58. The third-order valence-corrected chi connectivity index (χ3v) is 3.40. The largest absolute Gasteiger partial charge is 0.337 e. The zero-order chi connectivity index (χ0) is 13.1. The van der Waals surface area contributed by atoms with Crippen LogP contribution in [0.4, 0.5) is 4.39 Å². The standard InChI is InChI=1S/C14H16FNO2/c1-2-10-9-16(8-7-13(10)17)14(18)11-3-5-12(15)6-4-11/h3-6,10H,2,7-9H2,1H3. The van der Waals surface area contributed by atoms with E-state index in [4.69, 9.17) is 0 Å². The normalized spacial score (nSPS) is 20.0. The molecular formula is C14H16FNO2. The van der Waals surface area contributed by atoms with Gasteiger partial charge in [-0.3, -0.25) is 9.59 Å². The summed E-state index contributed by atoms with van der Waals surface area (Å²) in [7, 11) is 0. The molecule has 1 aromatic rings. The van der Waals surface area contributed by atoms with Gasteiger partial charge in [0.25, 0.3) is 5.91 Å². The Labute approximate surface area is 106 Å². The minimum atomic E-state index is -0.355. The summed E-state index contributed by atoms with van der Waals surface area (Å²) in [5.41, 5.74) is 0.473. The van der Waals surface area contributed by atoms with Crippen molar-refractivity contribution >= 4 is 11.7 Å². The Kier molecular flexibility index (Phi) is 3.75. The summed E-state index contributed by atoms with van der Waals surface area (Å²) in [6.07, 6.45) is 1.18. The summed E-state index contributed by atoms with van der Waals surface area (Å²) in [5.74, 6) is -0.295. The van der Waals surface area contributed by atoms with E-state index in [9.17, 15) is 14.0 Å². The zero-order valence-electron chi connectivity index (χ0n) is 10.4. The van der Waals surface area contributed by atoms with Crippen molar-refractivity contribution in [2.75, 3.05) is 13.1 Å². The van der Waals surface area contributed by atoms with Gasteiger partial charge in [0.05, 0.1) is 0 Å². The van der Waals surface area contributed by atoms with Crippen LogP contribution < -0.4 is 0 Å². The number of nitrogens with zero attached hydrogens (tertiary/aromatic N) is 1. The van der Waals surface area contributed by atoms with Crippen molar-refractivity contribution in [2.45, 2.75) is 19.8 Å². The second-order valence-electron chi connectivity index (χ2n) is 4.58. The third-order valence-electron chi connectivity index (χ3n) is 3.40. The molecule has 18 heavy (non-hydrogen) atoms. The highest BCUT2D eigenvalue weighted by atomic mass is 19.1. The summed E-state index contributed by atoms with van der Waals surface area (Å²) in [5, 5.41) is 0. The van der Waals surface area contributed by atoms with Gasteiger partial charge in [-0.2, -0.15) is 0 Å². The van der Waals surface area contributed by atoms with Gasteiger partial charge < -0.3 is 4.90 Å². The smallest absolute Gasteiger partial charge is 0.253 e. The Balaban J connectivity index is 2.10. The number of amides is 1. The first-order valence-corrected chi connectivity index (χ1v) is 6.19. The van der Waals surface area contributed by atoms with Crippen LogP contribution in [0, 0.1) is 11.7 Å². The molecule has 96 valence electrons. The van der Waals surface area contributed by atoms with Gasteiger partial charge in [0.15, 0.2) is 0 Å². The van der Waals surface area contributed by atoms with Crippen molar-refractivity contribution in [1.82, 2.24) is 4.90 Å². The number of hydrogen-bond donors (Lipinski definition) is 0. The summed E-state index contributed by atoms with van der Waals surface area (Å²) < 4.78 is 12.8. The molecule has 3 nitrogen and oxygen atoms in total. The SMILES string of the molecule is CCC1CN(C(=O)c2ccc(F)cc2)CCC1=O. The average molecular weight is 249 g/mol. The molecule has 1 atom stereocenters. The fourth-order valence-corrected chi connectivity index (χ4v) is 2.22. The Morgan fingerprint density at radius 3 is 2.67 bits per heavy atom. The van der Waals surface area contributed by atoms with Crippen LogP contribution in [-0.2, 0) is 4.79 Å². The molecule has 0 bridgehead atoms. The molecule has 1 aromatic carbocycles. The van der Waals surface area contributed by atoms with Crippen LogP contribution >= 0.6 is 0 Å². The minimum Gasteiger partial charge on any atom is -0.337 e. The van der Waals surface area contributed by atoms with Gasteiger partial charge in [0.1, 0.15) is 11.6 Å². The maximum atomic E-state index is 12.8. The zero-order valence-corrected chi connectivity index (χ0v) is 10.4. The molecule has 0 aromatic heterocycles. The summed E-state index contributed by atoms with van der Waals surface area (Å²) >= 11 is 0. The summed E-state index contributed by atoms with van der Waals surface area (Å²) in [6, 6.07) is 5.52. The maximum Gasteiger partial charge on any atom is 0.253 e. The minimum absolute atomic E-state index is 0.0526. The molecule has 2 rings (SSSR count). The number of carbonyl (C=O) groups is 2. The van der Waals surface area contributed by atoms with Crippen LogP contribution in [0.2, 0.25) is 0 Å². The molecule has 0 aliphatic carbocycles. The molecule has 1 fully saturated rings. The highest BCUT2D eigenvalue weighted by Gasteiger charge is 2.28. The molecule has 1 aliphatic heterocycles. The lowest BCUT2D eigenvalue weighted by Gasteiger charge is -2.31. The molecular weight excluding hydrogens is 233 g/mol. The van der Waals surface area contributed by atoms with E-state index in [1.54, 1.807) is 4.90 Å². The molecule has 4 heteroatoms. The van der Waals surface area contributed by atoms with Crippen LogP contribution in [0.1, 0.15) is 30.1 Å². The van der Waals surface area contributed by atoms with E-state index in [0.29, 0.717) is 25.1 Å². The highest BCUT2D eigenvalue weighted by molar-refractivity contribution is 5.95. The third kappa shape index (κ3) is 2.58. The maximum absolute atomic E-state index is 12.8. The van der Waals surface area contributed by atoms with E-state index < -0.39 is 0 Å². The molecule has 1 heterocycles. The van der Waals surface area contributed by atoms with Crippen LogP contribution in [0.25, 0.3) is 0 Å². The number of benzene rings is 1. The van der Waals surface area contributed by atoms with E-state index in [0.717, 1.165) is 6.42 Å². The Bertz CT molecular complexity index is 455. The van der Waals surface area contributed by atoms with Gasteiger partial charge in [-0.05, 0) is 30.7 Å². The predicted octanol–water partition coefficient (Wildman–Crippen LogP) is 2.27.